The summed E-state index contributed by atoms with van der Waals surface area (Å²) in [7, 11) is 0. The molecule has 0 N–H and O–H groups in total. The van der Waals surface area contributed by atoms with Crippen molar-refractivity contribution >= 4 is 40.3 Å². The zero-order valence-corrected chi connectivity index (χ0v) is 15.3. The standard InChI is InChI=1S/C19H15F2NO2S2/c20-14-7-5-11(9-15(14)21)16-8-6-13(24-16)10-17-18(23)22(19(25)26-17)12-3-1-2-4-12/h5-10,12H,1-4H2/b17-10-. The number of furan rings is 1. The van der Waals surface area contributed by atoms with Crippen LogP contribution in [0.15, 0.2) is 39.7 Å². The molecule has 3 nitrogen and oxygen atoms in total. The van der Waals surface area contributed by atoms with E-state index >= 15 is 0 Å². The predicted octanol–water partition coefficient (Wildman–Crippen LogP) is 5.37. The van der Waals surface area contributed by atoms with E-state index in [0.717, 1.165) is 37.8 Å². The normalized spacial score (nSPS) is 19.9. The molecule has 1 saturated carbocycles. The predicted molar refractivity (Wildman–Crippen MR) is 101 cm³/mol. The van der Waals surface area contributed by atoms with E-state index in [4.69, 9.17) is 16.6 Å². The highest BCUT2D eigenvalue weighted by Gasteiger charge is 2.38. The van der Waals surface area contributed by atoms with E-state index in [1.807, 2.05) is 0 Å². The maximum Gasteiger partial charge on any atom is 0.266 e. The molecule has 2 heterocycles. The van der Waals surface area contributed by atoms with Crippen LogP contribution in [0.3, 0.4) is 0 Å². The van der Waals surface area contributed by atoms with Crippen molar-refractivity contribution in [1.82, 2.24) is 4.90 Å². The van der Waals surface area contributed by atoms with Gasteiger partial charge in [0.25, 0.3) is 5.91 Å². The van der Waals surface area contributed by atoms with E-state index in [1.54, 1.807) is 23.1 Å². The van der Waals surface area contributed by atoms with Gasteiger partial charge in [-0.15, -0.1) is 0 Å². The Balaban J connectivity index is 1.57. The first kappa shape index (κ1) is 17.4. The second-order valence-corrected chi connectivity index (χ2v) is 8.00. The van der Waals surface area contributed by atoms with Gasteiger partial charge in [0.2, 0.25) is 0 Å². The number of thiocarbonyl (C=S) groups is 1. The third-order valence-electron chi connectivity index (χ3n) is 4.62. The molecule has 1 aliphatic heterocycles. The second kappa shape index (κ2) is 6.96. The molecule has 0 atom stereocenters. The van der Waals surface area contributed by atoms with Crippen LogP contribution in [0.5, 0.6) is 0 Å². The Morgan fingerprint density at radius 3 is 2.65 bits per heavy atom. The van der Waals surface area contributed by atoms with E-state index in [1.165, 1.54) is 17.8 Å². The Labute approximate surface area is 159 Å². The zero-order chi connectivity index (χ0) is 18.3. The van der Waals surface area contributed by atoms with Crippen LogP contribution in [0.25, 0.3) is 17.4 Å². The summed E-state index contributed by atoms with van der Waals surface area (Å²) in [5.41, 5.74) is 0.432. The molecule has 1 aromatic carbocycles. The molecule has 2 aliphatic rings. The minimum Gasteiger partial charge on any atom is -0.457 e. The number of carbonyl (C=O) groups excluding carboxylic acids is 1. The van der Waals surface area contributed by atoms with Gasteiger partial charge in [0.1, 0.15) is 15.8 Å². The molecular formula is C19H15F2NO2S2. The van der Waals surface area contributed by atoms with Crippen LogP contribution in [0.1, 0.15) is 31.4 Å². The molecule has 0 bridgehead atoms. The smallest absolute Gasteiger partial charge is 0.266 e. The van der Waals surface area contributed by atoms with Crippen LogP contribution < -0.4 is 0 Å². The van der Waals surface area contributed by atoms with Crippen molar-refractivity contribution in [3.05, 3.63) is 52.6 Å². The van der Waals surface area contributed by atoms with Gasteiger partial charge in [0.05, 0.1) is 4.91 Å². The van der Waals surface area contributed by atoms with Crippen LogP contribution in [-0.2, 0) is 4.79 Å². The quantitative estimate of drug-likeness (QED) is 0.520. The number of amides is 1. The van der Waals surface area contributed by atoms with Gasteiger partial charge in [0.15, 0.2) is 11.6 Å². The molecule has 26 heavy (non-hydrogen) atoms. The van der Waals surface area contributed by atoms with Crippen molar-refractivity contribution < 1.29 is 18.0 Å². The Morgan fingerprint density at radius 1 is 1.15 bits per heavy atom. The number of thioether (sulfide) groups is 1. The van der Waals surface area contributed by atoms with Crippen molar-refractivity contribution in [3.63, 3.8) is 0 Å². The largest absolute Gasteiger partial charge is 0.457 e. The highest BCUT2D eigenvalue weighted by molar-refractivity contribution is 8.26. The Morgan fingerprint density at radius 2 is 1.92 bits per heavy atom. The van der Waals surface area contributed by atoms with Crippen LogP contribution in [-0.4, -0.2) is 21.2 Å². The van der Waals surface area contributed by atoms with E-state index in [-0.39, 0.29) is 11.9 Å². The number of nitrogens with zero attached hydrogens (tertiary/aromatic N) is 1. The summed E-state index contributed by atoms with van der Waals surface area (Å²) in [6.45, 7) is 0. The lowest BCUT2D eigenvalue weighted by atomic mass is 10.1. The van der Waals surface area contributed by atoms with E-state index in [2.05, 4.69) is 0 Å². The molecule has 2 aromatic rings. The van der Waals surface area contributed by atoms with Crippen molar-refractivity contribution in [1.29, 1.82) is 0 Å². The molecule has 0 spiro atoms. The molecular weight excluding hydrogens is 376 g/mol. The molecule has 4 rings (SSSR count). The Bertz CT molecular complexity index is 916. The summed E-state index contributed by atoms with van der Waals surface area (Å²) < 4.78 is 32.7. The first-order chi connectivity index (χ1) is 12.5. The fourth-order valence-electron chi connectivity index (χ4n) is 3.32. The van der Waals surface area contributed by atoms with Gasteiger partial charge in [0, 0.05) is 17.7 Å². The van der Waals surface area contributed by atoms with Crippen LogP contribution >= 0.6 is 24.0 Å². The number of halogens is 2. The average Bonchev–Trinajstić information content (AvgIpc) is 3.33. The maximum atomic E-state index is 13.4. The highest BCUT2D eigenvalue weighted by atomic mass is 32.2. The average molecular weight is 391 g/mol. The summed E-state index contributed by atoms with van der Waals surface area (Å²) in [4.78, 5) is 14.9. The number of hydrogen-bond donors (Lipinski definition) is 0. The van der Waals surface area contributed by atoms with Gasteiger partial charge < -0.3 is 4.42 Å². The topological polar surface area (TPSA) is 33.5 Å². The van der Waals surface area contributed by atoms with Crippen molar-refractivity contribution in [2.75, 3.05) is 0 Å². The molecule has 7 heteroatoms. The first-order valence-electron chi connectivity index (χ1n) is 8.35. The molecule has 0 unspecified atom stereocenters. The van der Waals surface area contributed by atoms with Gasteiger partial charge in [-0.2, -0.15) is 0 Å². The number of hydrogen-bond acceptors (Lipinski definition) is 4. The lowest BCUT2D eigenvalue weighted by Gasteiger charge is -2.21. The Kier molecular flexibility index (Phi) is 4.67. The van der Waals surface area contributed by atoms with Gasteiger partial charge in [-0.1, -0.05) is 36.8 Å². The third-order valence-corrected chi connectivity index (χ3v) is 5.95. The number of rotatable bonds is 3. The van der Waals surface area contributed by atoms with Gasteiger partial charge >= 0.3 is 0 Å². The van der Waals surface area contributed by atoms with Gasteiger partial charge in [-0.3, -0.25) is 9.69 Å². The Hall–Kier alpha value is -1.99. The van der Waals surface area contributed by atoms with E-state index < -0.39 is 11.6 Å². The highest BCUT2D eigenvalue weighted by Crippen LogP contribution is 2.38. The molecule has 1 aliphatic carbocycles. The van der Waals surface area contributed by atoms with Crippen LogP contribution in [0, 0.1) is 11.6 Å². The molecule has 134 valence electrons. The molecule has 1 aromatic heterocycles. The second-order valence-electron chi connectivity index (χ2n) is 6.32. The minimum atomic E-state index is -0.933. The van der Waals surface area contributed by atoms with Gasteiger partial charge in [-0.25, -0.2) is 8.78 Å². The van der Waals surface area contributed by atoms with E-state index in [9.17, 15) is 13.6 Å². The zero-order valence-electron chi connectivity index (χ0n) is 13.7. The monoisotopic (exact) mass is 391 g/mol. The molecule has 2 fully saturated rings. The molecule has 0 radical (unpaired) electrons. The fourth-order valence-corrected chi connectivity index (χ4v) is 4.70. The summed E-state index contributed by atoms with van der Waals surface area (Å²) in [5.74, 6) is -1.05. The van der Waals surface area contributed by atoms with Gasteiger partial charge in [-0.05, 0) is 43.2 Å². The number of benzene rings is 1. The summed E-state index contributed by atoms with van der Waals surface area (Å²) in [5, 5.41) is 0. The van der Waals surface area contributed by atoms with Crippen molar-refractivity contribution in [3.8, 4) is 11.3 Å². The van der Waals surface area contributed by atoms with Crippen LogP contribution in [0.4, 0.5) is 8.78 Å². The lowest BCUT2D eigenvalue weighted by molar-refractivity contribution is -0.123. The summed E-state index contributed by atoms with van der Waals surface area (Å²) >= 11 is 6.65. The lowest BCUT2D eigenvalue weighted by Crippen LogP contribution is -2.36. The molecule has 1 amide bonds. The minimum absolute atomic E-state index is 0.0855. The van der Waals surface area contributed by atoms with E-state index in [0.29, 0.717) is 26.3 Å². The summed E-state index contributed by atoms with van der Waals surface area (Å²) in [6.07, 6.45) is 5.87. The SMILES string of the molecule is O=C1/C(=C/c2ccc(-c3ccc(F)c(F)c3)o2)SC(=S)N1C1CCCC1. The fraction of sp³-hybridized carbons (Fsp3) is 0.263. The molecule has 1 saturated heterocycles. The first-order valence-corrected chi connectivity index (χ1v) is 9.58. The maximum absolute atomic E-state index is 13.4. The van der Waals surface area contributed by atoms with Crippen molar-refractivity contribution in [2.45, 2.75) is 31.7 Å². The number of carbonyl (C=O) groups is 1. The summed E-state index contributed by atoms with van der Waals surface area (Å²) in [6, 6.07) is 7.13. The van der Waals surface area contributed by atoms with Crippen LogP contribution in [0.2, 0.25) is 0 Å². The van der Waals surface area contributed by atoms with Crippen molar-refractivity contribution in [2.24, 2.45) is 0 Å². The third kappa shape index (κ3) is 3.21.